The third-order valence-electron chi connectivity index (χ3n) is 2.11. The zero-order valence-electron chi connectivity index (χ0n) is 8.19. The molecule has 4 nitrogen and oxygen atoms in total. The normalized spacial score (nSPS) is 13.2. The van der Waals surface area contributed by atoms with Gasteiger partial charge >= 0.3 is 5.97 Å². The van der Waals surface area contributed by atoms with Crippen molar-refractivity contribution in [1.82, 2.24) is 0 Å². The van der Waals surface area contributed by atoms with Gasteiger partial charge < -0.3 is 14.9 Å². The quantitative estimate of drug-likeness (QED) is 0.625. The summed E-state index contributed by atoms with van der Waals surface area (Å²) >= 11 is 0. The van der Waals surface area contributed by atoms with Gasteiger partial charge in [-0.1, -0.05) is 26.7 Å². The number of carboxylic acid groups (broad SMARTS) is 1. The molecule has 0 amide bonds. The molecule has 0 heterocycles. The van der Waals surface area contributed by atoms with Crippen molar-refractivity contribution in [1.29, 1.82) is 0 Å². The molecule has 78 valence electrons. The zero-order valence-corrected chi connectivity index (χ0v) is 8.19. The number of aliphatic hydroxyl groups excluding tert-OH is 1. The van der Waals surface area contributed by atoms with E-state index >= 15 is 0 Å². The molecule has 4 heteroatoms. The summed E-state index contributed by atoms with van der Waals surface area (Å²) in [5.41, 5.74) is 0. The third-order valence-corrected chi connectivity index (χ3v) is 2.11. The van der Waals surface area contributed by atoms with Crippen LogP contribution in [0.3, 0.4) is 0 Å². The van der Waals surface area contributed by atoms with Crippen LogP contribution in [0.4, 0.5) is 0 Å². The van der Waals surface area contributed by atoms with Crippen molar-refractivity contribution >= 4 is 5.97 Å². The van der Waals surface area contributed by atoms with Crippen LogP contribution >= 0.6 is 0 Å². The lowest BCUT2D eigenvalue weighted by Gasteiger charge is -2.21. The minimum Gasteiger partial charge on any atom is -0.479 e. The molecule has 1 unspecified atom stereocenters. The fourth-order valence-electron chi connectivity index (χ4n) is 1.31. The number of hydrogen-bond donors (Lipinski definition) is 2. The highest BCUT2D eigenvalue weighted by Crippen LogP contribution is 2.16. The largest absolute Gasteiger partial charge is 0.479 e. The molecule has 0 rings (SSSR count). The minimum atomic E-state index is -0.942. The van der Waals surface area contributed by atoms with Gasteiger partial charge in [0.25, 0.3) is 0 Å². The lowest BCUT2D eigenvalue weighted by Crippen LogP contribution is -2.32. The minimum absolute atomic E-state index is 0.0315. The van der Waals surface area contributed by atoms with Crippen LogP contribution in [0.25, 0.3) is 0 Å². The van der Waals surface area contributed by atoms with Crippen LogP contribution in [0.2, 0.25) is 0 Å². The Morgan fingerprint density at radius 3 is 2.23 bits per heavy atom. The summed E-state index contributed by atoms with van der Waals surface area (Å²) in [5.74, 6) is -0.911. The molecule has 0 spiro atoms. The van der Waals surface area contributed by atoms with E-state index in [0.717, 1.165) is 12.8 Å². The van der Waals surface area contributed by atoms with Crippen LogP contribution in [0.15, 0.2) is 0 Å². The molecule has 0 radical (unpaired) electrons. The molecule has 0 aromatic rings. The Balaban J connectivity index is 4.12. The number of aliphatic carboxylic acids is 1. The average Bonchev–Trinajstić information content (AvgIpc) is 2.11. The second kappa shape index (κ2) is 6.86. The summed E-state index contributed by atoms with van der Waals surface area (Å²) in [6, 6.07) is 0. The van der Waals surface area contributed by atoms with E-state index in [-0.39, 0.29) is 19.1 Å². The maximum Gasteiger partial charge on any atom is 0.333 e. The first-order valence-electron chi connectivity index (χ1n) is 4.62. The van der Waals surface area contributed by atoms with Crippen LogP contribution in [0.5, 0.6) is 0 Å². The smallest absolute Gasteiger partial charge is 0.333 e. The molecule has 0 aromatic heterocycles. The van der Waals surface area contributed by atoms with Gasteiger partial charge in [-0.25, -0.2) is 4.79 Å². The summed E-state index contributed by atoms with van der Waals surface area (Å²) in [5, 5.41) is 17.3. The average molecular weight is 190 g/mol. The SMILES string of the molecule is CCC(CC)C(OCCO)C(=O)O. The Kier molecular flexibility index (Phi) is 6.54. The van der Waals surface area contributed by atoms with Gasteiger partial charge in [-0.05, 0) is 5.92 Å². The Bertz CT molecular complexity index is 143. The van der Waals surface area contributed by atoms with E-state index in [1.54, 1.807) is 0 Å². The maximum atomic E-state index is 10.8. The number of aliphatic hydroxyl groups is 1. The number of carboxylic acids is 1. The van der Waals surface area contributed by atoms with Crippen molar-refractivity contribution in [3.63, 3.8) is 0 Å². The van der Waals surface area contributed by atoms with Crippen molar-refractivity contribution in [2.45, 2.75) is 32.8 Å². The third kappa shape index (κ3) is 4.24. The highest BCUT2D eigenvalue weighted by atomic mass is 16.5. The fraction of sp³-hybridized carbons (Fsp3) is 0.889. The molecule has 0 aliphatic rings. The molecule has 0 saturated carbocycles. The van der Waals surface area contributed by atoms with Crippen LogP contribution in [0.1, 0.15) is 26.7 Å². The first kappa shape index (κ1) is 12.4. The number of rotatable bonds is 7. The molecule has 0 fully saturated rings. The molecule has 0 aromatic carbocycles. The predicted octanol–water partition coefficient (Wildman–Crippen LogP) is 0.885. The second-order valence-corrected chi connectivity index (χ2v) is 2.93. The first-order valence-corrected chi connectivity index (χ1v) is 4.62. The fourth-order valence-corrected chi connectivity index (χ4v) is 1.31. The first-order chi connectivity index (χ1) is 6.17. The Morgan fingerprint density at radius 1 is 1.38 bits per heavy atom. The zero-order chi connectivity index (χ0) is 10.3. The van der Waals surface area contributed by atoms with Gasteiger partial charge in [0.1, 0.15) is 0 Å². The van der Waals surface area contributed by atoms with Gasteiger partial charge in [0.2, 0.25) is 0 Å². The number of hydrogen-bond acceptors (Lipinski definition) is 3. The molecular formula is C9H18O4. The van der Waals surface area contributed by atoms with Gasteiger partial charge in [-0.3, -0.25) is 0 Å². The highest BCUT2D eigenvalue weighted by molar-refractivity contribution is 5.72. The van der Waals surface area contributed by atoms with Gasteiger partial charge in [-0.2, -0.15) is 0 Å². The van der Waals surface area contributed by atoms with Gasteiger partial charge in [0.15, 0.2) is 6.10 Å². The lowest BCUT2D eigenvalue weighted by atomic mass is 9.96. The van der Waals surface area contributed by atoms with Crippen molar-refractivity contribution in [3.05, 3.63) is 0 Å². The molecule has 0 bridgehead atoms. The summed E-state index contributed by atoms with van der Waals surface area (Å²) in [6.45, 7) is 3.83. The van der Waals surface area contributed by atoms with E-state index in [1.807, 2.05) is 13.8 Å². The van der Waals surface area contributed by atoms with E-state index in [2.05, 4.69) is 0 Å². The van der Waals surface area contributed by atoms with Crippen molar-refractivity contribution in [2.75, 3.05) is 13.2 Å². The Hall–Kier alpha value is -0.610. The maximum absolute atomic E-state index is 10.8. The molecule has 2 N–H and O–H groups in total. The highest BCUT2D eigenvalue weighted by Gasteiger charge is 2.25. The standard InChI is InChI=1S/C9H18O4/c1-3-7(4-2)8(9(11)12)13-6-5-10/h7-8,10H,3-6H2,1-2H3,(H,11,12). The summed E-state index contributed by atoms with van der Waals surface area (Å²) in [4.78, 5) is 10.8. The van der Waals surface area contributed by atoms with Gasteiger partial charge in [-0.15, -0.1) is 0 Å². The van der Waals surface area contributed by atoms with Crippen LogP contribution in [0, 0.1) is 5.92 Å². The van der Waals surface area contributed by atoms with Crippen LogP contribution in [-0.4, -0.2) is 35.5 Å². The van der Waals surface area contributed by atoms with E-state index in [1.165, 1.54) is 0 Å². The lowest BCUT2D eigenvalue weighted by molar-refractivity contribution is -0.155. The van der Waals surface area contributed by atoms with Crippen molar-refractivity contribution in [2.24, 2.45) is 5.92 Å². The van der Waals surface area contributed by atoms with E-state index < -0.39 is 12.1 Å². The van der Waals surface area contributed by atoms with E-state index in [9.17, 15) is 4.79 Å². The molecule has 0 aliphatic carbocycles. The molecule has 0 saturated heterocycles. The summed E-state index contributed by atoms with van der Waals surface area (Å²) in [7, 11) is 0. The molecule has 13 heavy (non-hydrogen) atoms. The summed E-state index contributed by atoms with van der Waals surface area (Å²) in [6.07, 6.45) is 0.778. The van der Waals surface area contributed by atoms with Gasteiger partial charge in [0, 0.05) is 0 Å². The van der Waals surface area contributed by atoms with Crippen LogP contribution in [-0.2, 0) is 9.53 Å². The van der Waals surface area contributed by atoms with Crippen molar-refractivity contribution < 1.29 is 19.7 Å². The number of ether oxygens (including phenoxy) is 1. The Morgan fingerprint density at radius 2 is 1.92 bits per heavy atom. The van der Waals surface area contributed by atoms with Crippen LogP contribution < -0.4 is 0 Å². The second-order valence-electron chi connectivity index (χ2n) is 2.93. The Labute approximate surface area is 78.5 Å². The van der Waals surface area contributed by atoms with Crippen molar-refractivity contribution in [3.8, 4) is 0 Å². The predicted molar refractivity (Wildman–Crippen MR) is 48.5 cm³/mol. The van der Waals surface area contributed by atoms with E-state index in [4.69, 9.17) is 14.9 Å². The number of carbonyl (C=O) groups is 1. The molecule has 0 aliphatic heterocycles. The monoisotopic (exact) mass is 190 g/mol. The van der Waals surface area contributed by atoms with E-state index in [0.29, 0.717) is 0 Å². The topological polar surface area (TPSA) is 66.8 Å². The van der Waals surface area contributed by atoms with Gasteiger partial charge in [0.05, 0.1) is 13.2 Å². The molecule has 1 atom stereocenters. The molecular weight excluding hydrogens is 172 g/mol. The summed E-state index contributed by atoms with van der Waals surface area (Å²) < 4.78 is 5.05.